The lowest BCUT2D eigenvalue weighted by atomic mass is 10.1. The number of amides is 1. The van der Waals surface area contributed by atoms with Crippen LogP contribution in [-0.2, 0) is 4.74 Å². The summed E-state index contributed by atoms with van der Waals surface area (Å²) in [7, 11) is 0. The van der Waals surface area contributed by atoms with Crippen molar-refractivity contribution < 1.29 is 9.53 Å². The fraction of sp³-hybridized carbons (Fsp3) is 0.938. The quantitative estimate of drug-likeness (QED) is 0.849. The maximum atomic E-state index is 12.1. The molecule has 122 valence electrons. The second-order valence-corrected chi connectivity index (χ2v) is 8.72. The minimum atomic E-state index is -0.405. The third-order valence-electron chi connectivity index (χ3n) is 4.21. The first-order valence-electron chi connectivity index (χ1n) is 8.21. The van der Waals surface area contributed by atoms with Gasteiger partial charge in [0.25, 0.3) is 0 Å². The summed E-state index contributed by atoms with van der Waals surface area (Å²) < 4.78 is 5.48. The van der Waals surface area contributed by atoms with Crippen molar-refractivity contribution in [1.29, 1.82) is 0 Å². The molecule has 3 atom stereocenters. The van der Waals surface area contributed by atoms with E-state index in [0.717, 1.165) is 37.6 Å². The molecule has 2 aliphatic rings. The highest BCUT2D eigenvalue weighted by molar-refractivity contribution is 8.00. The Balaban J connectivity index is 1.80. The zero-order valence-corrected chi connectivity index (χ0v) is 14.7. The van der Waals surface area contributed by atoms with Crippen LogP contribution in [0.5, 0.6) is 0 Å². The predicted octanol–water partition coefficient (Wildman–Crippen LogP) is 3.26. The highest BCUT2D eigenvalue weighted by Gasteiger charge is 2.29. The summed E-state index contributed by atoms with van der Waals surface area (Å²) in [6, 6.07) is 1.19. The predicted molar refractivity (Wildman–Crippen MR) is 88.9 cm³/mol. The highest BCUT2D eigenvalue weighted by Crippen LogP contribution is 2.27. The van der Waals surface area contributed by atoms with Crippen LogP contribution in [0.15, 0.2) is 0 Å². The second kappa shape index (κ2) is 7.23. The number of hydrogen-bond donors (Lipinski definition) is 1. The average Bonchev–Trinajstić information content (AvgIpc) is 2.62. The minimum Gasteiger partial charge on any atom is -0.444 e. The molecule has 5 heteroatoms. The van der Waals surface area contributed by atoms with Crippen LogP contribution in [0.1, 0.15) is 53.4 Å². The van der Waals surface area contributed by atoms with Crippen LogP contribution < -0.4 is 5.32 Å². The zero-order valence-electron chi connectivity index (χ0n) is 13.9. The van der Waals surface area contributed by atoms with Gasteiger partial charge in [-0.15, -0.1) is 0 Å². The molecule has 0 saturated carbocycles. The molecule has 0 aliphatic carbocycles. The number of nitrogens with zero attached hydrogens (tertiary/aromatic N) is 1. The van der Waals surface area contributed by atoms with E-state index >= 15 is 0 Å². The van der Waals surface area contributed by atoms with Crippen molar-refractivity contribution >= 4 is 17.9 Å². The van der Waals surface area contributed by atoms with Crippen molar-refractivity contribution in [3.63, 3.8) is 0 Å². The number of likely N-dealkylation sites (tertiary alicyclic amines) is 1. The fourth-order valence-corrected chi connectivity index (χ4v) is 4.23. The summed E-state index contributed by atoms with van der Waals surface area (Å²) in [4.78, 5) is 14.0. The van der Waals surface area contributed by atoms with E-state index in [2.05, 4.69) is 24.0 Å². The topological polar surface area (TPSA) is 41.6 Å². The Hall–Kier alpha value is -0.420. The van der Waals surface area contributed by atoms with Gasteiger partial charge in [-0.05, 0) is 52.2 Å². The van der Waals surface area contributed by atoms with Crippen LogP contribution in [-0.4, -0.2) is 52.8 Å². The van der Waals surface area contributed by atoms with Gasteiger partial charge >= 0.3 is 6.09 Å². The monoisotopic (exact) mass is 314 g/mol. The van der Waals surface area contributed by atoms with Crippen LogP contribution >= 0.6 is 11.8 Å². The summed E-state index contributed by atoms with van der Waals surface area (Å²) in [6.07, 6.45) is 4.37. The maximum absolute atomic E-state index is 12.1. The van der Waals surface area contributed by atoms with E-state index in [9.17, 15) is 4.79 Å². The van der Waals surface area contributed by atoms with E-state index in [1.54, 1.807) is 0 Å². The van der Waals surface area contributed by atoms with E-state index in [0.29, 0.717) is 12.1 Å². The normalized spacial score (nSPS) is 31.0. The van der Waals surface area contributed by atoms with Gasteiger partial charge in [-0.1, -0.05) is 6.92 Å². The molecule has 3 unspecified atom stereocenters. The molecule has 0 aromatic heterocycles. The van der Waals surface area contributed by atoms with Crippen LogP contribution in [0.25, 0.3) is 0 Å². The third kappa shape index (κ3) is 5.37. The lowest BCUT2D eigenvalue weighted by molar-refractivity contribution is 0.0256. The number of hydrogen-bond acceptors (Lipinski definition) is 4. The molecule has 1 amide bonds. The van der Waals surface area contributed by atoms with Gasteiger partial charge in [-0.25, -0.2) is 4.79 Å². The first-order chi connectivity index (χ1) is 9.85. The summed E-state index contributed by atoms with van der Waals surface area (Å²) >= 11 is 2.06. The molecule has 2 saturated heterocycles. The Morgan fingerprint density at radius 1 is 1.24 bits per heavy atom. The molecular formula is C16H30N2O2S. The molecule has 21 heavy (non-hydrogen) atoms. The first kappa shape index (κ1) is 16.9. The van der Waals surface area contributed by atoms with Crippen molar-refractivity contribution in [3.05, 3.63) is 0 Å². The van der Waals surface area contributed by atoms with Crippen LogP contribution in [0, 0.1) is 0 Å². The van der Waals surface area contributed by atoms with Crippen LogP contribution in [0.3, 0.4) is 0 Å². The van der Waals surface area contributed by atoms with Gasteiger partial charge in [0.1, 0.15) is 5.60 Å². The molecule has 0 spiro atoms. The number of thioether (sulfide) groups is 1. The molecule has 2 rings (SSSR count). The fourth-order valence-electron chi connectivity index (χ4n) is 3.03. The molecule has 0 bridgehead atoms. The Morgan fingerprint density at radius 2 is 2.00 bits per heavy atom. The van der Waals surface area contributed by atoms with Gasteiger partial charge in [0.05, 0.1) is 0 Å². The molecule has 0 aromatic rings. The number of nitrogens with one attached hydrogen (secondary N) is 1. The van der Waals surface area contributed by atoms with Crippen molar-refractivity contribution in [2.45, 2.75) is 76.3 Å². The number of ether oxygens (including phenoxy) is 1. The van der Waals surface area contributed by atoms with Gasteiger partial charge in [0.2, 0.25) is 0 Å². The average molecular weight is 314 g/mol. The van der Waals surface area contributed by atoms with Crippen molar-refractivity contribution in [2.75, 3.05) is 18.8 Å². The lowest BCUT2D eigenvalue weighted by Crippen LogP contribution is -2.42. The van der Waals surface area contributed by atoms with Crippen molar-refractivity contribution in [3.8, 4) is 0 Å². The Labute approximate surface area is 133 Å². The molecule has 2 heterocycles. The van der Waals surface area contributed by atoms with Gasteiger partial charge in [-0.2, -0.15) is 11.8 Å². The number of carbonyl (C=O) groups excluding carboxylic acids is 1. The van der Waals surface area contributed by atoms with E-state index in [-0.39, 0.29) is 6.09 Å². The molecule has 1 N–H and O–H groups in total. The Kier molecular flexibility index (Phi) is 5.83. The summed E-state index contributed by atoms with van der Waals surface area (Å²) in [5.74, 6) is 1.27. The summed E-state index contributed by atoms with van der Waals surface area (Å²) in [6.45, 7) is 9.71. The third-order valence-corrected chi connectivity index (χ3v) is 5.53. The van der Waals surface area contributed by atoms with E-state index in [4.69, 9.17) is 4.74 Å². The summed E-state index contributed by atoms with van der Waals surface area (Å²) in [5.41, 5.74) is -0.405. The minimum absolute atomic E-state index is 0.159. The first-order valence-corrected chi connectivity index (χ1v) is 9.25. The van der Waals surface area contributed by atoms with Gasteiger partial charge in [0.15, 0.2) is 0 Å². The van der Waals surface area contributed by atoms with Gasteiger partial charge < -0.3 is 15.0 Å². The highest BCUT2D eigenvalue weighted by atomic mass is 32.2. The van der Waals surface area contributed by atoms with Crippen molar-refractivity contribution in [1.82, 2.24) is 10.2 Å². The lowest BCUT2D eigenvalue weighted by Gasteiger charge is -2.27. The number of carbonyl (C=O) groups is 1. The molecule has 2 aliphatic heterocycles. The van der Waals surface area contributed by atoms with E-state index in [1.807, 2.05) is 25.7 Å². The Bertz CT molecular complexity index is 357. The maximum Gasteiger partial charge on any atom is 0.410 e. The van der Waals surface area contributed by atoms with Crippen LogP contribution in [0.4, 0.5) is 4.79 Å². The van der Waals surface area contributed by atoms with Gasteiger partial charge in [0, 0.05) is 30.4 Å². The zero-order chi connectivity index (χ0) is 15.5. The molecule has 4 nitrogen and oxygen atoms in total. The largest absolute Gasteiger partial charge is 0.444 e. The summed E-state index contributed by atoms with van der Waals surface area (Å²) in [5, 5.41) is 4.53. The van der Waals surface area contributed by atoms with Crippen molar-refractivity contribution in [2.24, 2.45) is 0 Å². The standard InChI is InChI=1S/C16H30N2O2S/c1-12-14(8-11-21-12)17-13-6-5-9-18(10-7-13)15(19)20-16(2,3)4/h12-14,17H,5-11H2,1-4H3. The second-order valence-electron chi connectivity index (χ2n) is 7.23. The van der Waals surface area contributed by atoms with Gasteiger partial charge in [-0.3, -0.25) is 0 Å². The molecule has 2 fully saturated rings. The van der Waals surface area contributed by atoms with E-state index in [1.165, 1.54) is 12.2 Å². The smallest absolute Gasteiger partial charge is 0.410 e. The molecule has 0 aromatic carbocycles. The molecule has 0 radical (unpaired) electrons. The van der Waals surface area contributed by atoms with E-state index < -0.39 is 5.60 Å². The molecular weight excluding hydrogens is 284 g/mol. The van der Waals surface area contributed by atoms with Crippen LogP contribution in [0.2, 0.25) is 0 Å². The Morgan fingerprint density at radius 3 is 2.62 bits per heavy atom. The number of rotatable bonds is 2. The SMILES string of the molecule is CC1SCCC1NC1CCCN(C(=O)OC(C)(C)C)CC1.